The fourth-order valence-electron chi connectivity index (χ4n) is 3.70. The number of amides is 1. The Bertz CT molecular complexity index is 1300. The van der Waals surface area contributed by atoms with E-state index in [1.54, 1.807) is 18.0 Å². The predicted octanol–water partition coefficient (Wildman–Crippen LogP) is 3.28. The van der Waals surface area contributed by atoms with E-state index in [1.165, 1.54) is 17.0 Å². The van der Waals surface area contributed by atoms with E-state index in [0.29, 0.717) is 24.4 Å². The molecule has 2 aromatic carbocycles. The van der Waals surface area contributed by atoms with Gasteiger partial charge in [0.1, 0.15) is 12.1 Å². The third-order valence-corrected chi connectivity index (χ3v) is 5.36. The van der Waals surface area contributed by atoms with Crippen LogP contribution in [-0.4, -0.2) is 44.0 Å². The molecule has 0 atom stereocenters. The van der Waals surface area contributed by atoms with Crippen molar-refractivity contribution in [2.24, 2.45) is 0 Å². The van der Waals surface area contributed by atoms with Crippen LogP contribution in [-0.2, 0) is 13.0 Å². The number of aromatic nitrogens is 4. The second-order valence-electron chi connectivity index (χ2n) is 7.18. The van der Waals surface area contributed by atoms with Gasteiger partial charge >= 0.3 is 0 Å². The molecule has 7 nitrogen and oxygen atoms in total. The molecule has 5 rings (SSSR count). The van der Waals surface area contributed by atoms with Crippen LogP contribution in [0.1, 0.15) is 21.6 Å². The van der Waals surface area contributed by atoms with Crippen molar-refractivity contribution in [1.82, 2.24) is 24.5 Å². The summed E-state index contributed by atoms with van der Waals surface area (Å²) in [6.45, 7) is 0.534. The zero-order valence-corrected chi connectivity index (χ0v) is 16.5. The monoisotopic (exact) mass is 421 g/mol. The van der Waals surface area contributed by atoms with Crippen molar-refractivity contribution < 1.29 is 18.3 Å². The maximum atomic E-state index is 14.1. The van der Waals surface area contributed by atoms with E-state index in [4.69, 9.17) is 4.74 Å². The summed E-state index contributed by atoms with van der Waals surface area (Å²) in [5, 5.41) is 4.49. The minimum Gasteiger partial charge on any atom is -0.497 e. The number of hydrogen-bond acceptors (Lipinski definition) is 5. The molecule has 0 saturated carbocycles. The average molecular weight is 421 g/mol. The van der Waals surface area contributed by atoms with Crippen LogP contribution in [0.5, 0.6) is 5.75 Å². The predicted molar refractivity (Wildman–Crippen MR) is 108 cm³/mol. The largest absolute Gasteiger partial charge is 0.497 e. The highest BCUT2D eigenvalue weighted by molar-refractivity contribution is 5.94. The van der Waals surface area contributed by atoms with Crippen LogP contribution in [0.15, 0.2) is 48.8 Å². The first kappa shape index (κ1) is 19.1. The number of benzene rings is 2. The van der Waals surface area contributed by atoms with Crippen LogP contribution < -0.4 is 4.74 Å². The Morgan fingerprint density at radius 2 is 1.94 bits per heavy atom. The maximum absolute atomic E-state index is 14.1. The van der Waals surface area contributed by atoms with Crippen LogP contribution in [0.3, 0.4) is 0 Å². The molecule has 3 heterocycles. The molecule has 0 aliphatic carbocycles. The Morgan fingerprint density at radius 3 is 2.71 bits per heavy atom. The lowest BCUT2D eigenvalue weighted by atomic mass is 10.0. The van der Waals surface area contributed by atoms with Crippen molar-refractivity contribution in [1.29, 1.82) is 0 Å². The van der Waals surface area contributed by atoms with E-state index in [0.717, 1.165) is 28.6 Å². The van der Waals surface area contributed by atoms with Gasteiger partial charge < -0.3 is 9.64 Å². The average Bonchev–Trinajstić information content (AvgIpc) is 3.25. The van der Waals surface area contributed by atoms with Crippen LogP contribution in [0.25, 0.3) is 17.0 Å². The number of carbonyl (C=O) groups excluding carboxylic acids is 1. The summed E-state index contributed by atoms with van der Waals surface area (Å²) in [6, 6.07) is 11.0. The van der Waals surface area contributed by atoms with Crippen molar-refractivity contribution in [3.63, 3.8) is 0 Å². The SMILES string of the molecule is COc1ccc(-c2nc3c4c(ncn3n2)CCN(C(=O)c2cccc(F)c2F)C4)cc1. The van der Waals surface area contributed by atoms with Gasteiger partial charge in [-0.3, -0.25) is 4.79 Å². The van der Waals surface area contributed by atoms with Gasteiger partial charge in [0, 0.05) is 24.1 Å². The summed E-state index contributed by atoms with van der Waals surface area (Å²) >= 11 is 0. The highest BCUT2D eigenvalue weighted by Gasteiger charge is 2.28. The molecular formula is C22H17F2N5O2. The normalized spacial score (nSPS) is 13.3. The Morgan fingerprint density at radius 1 is 1.13 bits per heavy atom. The van der Waals surface area contributed by atoms with E-state index in [-0.39, 0.29) is 12.1 Å². The molecule has 1 aliphatic rings. The lowest BCUT2D eigenvalue weighted by Gasteiger charge is -2.28. The Hall–Kier alpha value is -3.88. The van der Waals surface area contributed by atoms with Gasteiger partial charge in [0.05, 0.1) is 24.9 Å². The molecular weight excluding hydrogens is 404 g/mol. The molecule has 0 fully saturated rings. The van der Waals surface area contributed by atoms with Gasteiger partial charge in [-0.05, 0) is 36.4 Å². The number of halogens is 2. The van der Waals surface area contributed by atoms with E-state index in [1.807, 2.05) is 24.3 Å². The second-order valence-corrected chi connectivity index (χ2v) is 7.18. The van der Waals surface area contributed by atoms with Gasteiger partial charge in [0.15, 0.2) is 23.1 Å². The number of nitrogens with zero attached hydrogens (tertiary/aromatic N) is 5. The first-order valence-electron chi connectivity index (χ1n) is 9.66. The first-order valence-corrected chi connectivity index (χ1v) is 9.66. The summed E-state index contributed by atoms with van der Waals surface area (Å²) in [5.74, 6) is -1.52. The van der Waals surface area contributed by atoms with Gasteiger partial charge in [-0.2, -0.15) is 0 Å². The van der Waals surface area contributed by atoms with Gasteiger partial charge in [-0.15, -0.1) is 5.10 Å². The molecule has 0 N–H and O–H groups in total. The Balaban J connectivity index is 1.50. The lowest BCUT2D eigenvalue weighted by molar-refractivity contribution is 0.0728. The molecule has 2 aromatic heterocycles. The summed E-state index contributed by atoms with van der Waals surface area (Å²) < 4.78 is 34.5. The van der Waals surface area contributed by atoms with Crippen molar-refractivity contribution >= 4 is 11.6 Å². The summed E-state index contributed by atoms with van der Waals surface area (Å²) in [6.07, 6.45) is 2.08. The third-order valence-electron chi connectivity index (χ3n) is 5.36. The topological polar surface area (TPSA) is 72.6 Å². The van der Waals surface area contributed by atoms with E-state index in [9.17, 15) is 13.6 Å². The first-order chi connectivity index (χ1) is 15.0. The van der Waals surface area contributed by atoms with Gasteiger partial charge in [-0.25, -0.2) is 23.3 Å². The Labute approximate surface area is 175 Å². The minimum atomic E-state index is -1.14. The molecule has 9 heteroatoms. The van der Waals surface area contributed by atoms with Crippen LogP contribution in [0.4, 0.5) is 8.78 Å². The lowest BCUT2D eigenvalue weighted by Crippen LogP contribution is -2.37. The summed E-state index contributed by atoms with van der Waals surface area (Å²) in [7, 11) is 1.60. The highest BCUT2D eigenvalue weighted by atomic mass is 19.2. The van der Waals surface area contributed by atoms with Crippen LogP contribution in [0, 0.1) is 11.6 Å². The van der Waals surface area contributed by atoms with Gasteiger partial charge in [0.25, 0.3) is 5.91 Å². The molecule has 0 radical (unpaired) electrons. The van der Waals surface area contributed by atoms with E-state index in [2.05, 4.69) is 15.1 Å². The van der Waals surface area contributed by atoms with Crippen LogP contribution >= 0.6 is 0 Å². The molecule has 0 unspecified atom stereocenters. The van der Waals surface area contributed by atoms with Crippen molar-refractivity contribution in [2.45, 2.75) is 13.0 Å². The highest BCUT2D eigenvalue weighted by Crippen LogP contribution is 2.26. The fourth-order valence-corrected chi connectivity index (χ4v) is 3.70. The van der Waals surface area contributed by atoms with Crippen molar-refractivity contribution in [3.8, 4) is 17.1 Å². The Kier molecular flexibility index (Phi) is 4.58. The molecule has 0 spiro atoms. The summed E-state index contributed by atoms with van der Waals surface area (Å²) in [5.41, 5.74) is 2.65. The number of fused-ring (bicyclic) bond motifs is 3. The van der Waals surface area contributed by atoms with E-state index >= 15 is 0 Å². The molecule has 31 heavy (non-hydrogen) atoms. The van der Waals surface area contributed by atoms with Gasteiger partial charge in [0.2, 0.25) is 0 Å². The van der Waals surface area contributed by atoms with Gasteiger partial charge in [-0.1, -0.05) is 6.07 Å². The quantitative estimate of drug-likeness (QED) is 0.508. The number of methoxy groups -OCH3 is 1. The standard InChI is InChI=1S/C22H17F2N5O2/c1-31-14-7-5-13(6-8-14)20-26-21-16-11-28(10-9-18(16)25-12-29(21)27-20)22(30)15-3-2-4-17(23)19(15)24/h2-8,12H,9-11H2,1H3. The third kappa shape index (κ3) is 3.27. The molecule has 0 bridgehead atoms. The fraction of sp³-hybridized carbons (Fsp3) is 0.182. The van der Waals surface area contributed by atoms with Crippen molar-refractivity contribution in [2.75, 3.05) is 13.7 Å². The molecule has 1 amide bonds. The second kappa shape index (κ2) is 7.42. The molecule has 0 saturated heterocycles. The zero-order chi connectivity index (χ0) is 21.5. The molecule has 4 aromatic rings. The molecule has 156 valence electrons. The summed E-state index contributed by atoms with van der Waals surface area (Å²) in [4.78, 5) is 23.4. The zero-order valence-electron chi connectivity index (χ0n) is 16.5. The molecule has 1 aliphatic heterocycles. The minimum absolute atomic E-state index is 0.183. The maximum Gasteiger partial charge on any atom is 0.257 e. The number of rotatable bonds is 3. The number of hydrogen-bond donors (Lipinski definition) is 0. The number of ether oxygens (including phenoxy) is 1. The van der Waals surface area contributed by atoms with E-state index < -0.39 is 17.5 Å². The van der Waals surface area contributed by atoms with Crippen LogP contribution in [0.2, 0.25) is 0 Å². The smallest absolute Gasteiger partial charge is 0.257 e. The number of carbonyl (C=O) groups is 1. The van der Waals surface area contributed by atoms with Crippen molar-refractivity contribution in [3.05, 3.63) is 77.2 Å².